The highest BCUT2D eigenvalue weighted by molar-refractivity contribution is 6.30. The largest absolute Gasteiger partial charge is 0.348 e. The molecule has 0 radical (unpaired) electrons. The minimum Gasteiger partial charge on any atom is -0.348 e. The first kappa shape index (κ1) is 28.4. The molecule has 1 aliphatic heterocycles. The fourth-order valence-electron chi connectivity index (χ4n) is 5.44. The molecule has 1 fully saturated rings. The van der Waals surface area contributed by atoms with Gasteiger partial charge in [0, 0.05) is 42.4 Å². The number of hydrogen-bond donors (Lipinski definition) is 0. The number of hydrogen-bond acceptors (Lipinski definition) is 5. The van der Waals surface area contributed by atoms with Crippen molar-refractivity contribution in [2.24, 2.45) is 0 Å². The lowest BCUT2D eigenvalue weighted by atomic mass is 10.0. The van der Waals surface area contributed by atoms with E-state index in [9.17, 15) is 9.59 Å². The second-order valence-electron chi connectivity index (χ2n) is 10.8. The van der Waals surface area contributed by atoms with Crippen LogP contribution in [0, 0.1) is 0 Å². The van der Waals surface area contributed by atoms with Crippen LogP contribution in [0.15, 0.2) is 41.3 Å². The highest BCUT2D eigenvalue weighted by atomic mass is 35.5. The number of rotatable bonds is 14. The van der Waals surface area contributed by atoms with Crippen LogP contribution in [0.3, 0.4) is 0 Å². The number of imidazole rings is 1. The second kappa shape index (κ2) is 13.4. The van der Waals surface area contributed by atoms with Gasteiger partial charge >= 0.3 is 0 Å². The number of aromatic nitrogens is 3. The van der Waals surface area contributed by atoms with E-state index in [0.717, 1.165) is 88.1 Å². The van der Waals surface area contributed by atoms with Gasteiger partial charge < -0.3 is 9.80 Å². The molecular weight excluding hydrogens is 498 g/mol. The number of anilines is 1. The SMILES string of the molecule is CCCCCn1c(N2CCC[C@H]2C(=O)CCCCCCN(C)C)cc(=O)n2cc(-c3ccc(Cl)cc3)nc12. The van der Waals surface area contributed by atoms with Crippen LogP contribution in [-0.4, -0.2) is 57.9 Å². The Kier molecular flexibility index (Phi) is 10.0. The lowest BCUT2D eigenvalue weighted by Crippen LogP contribution is -2.39. The van der Waals surface area contributed by atoms with Crippen LogP contribution in [0.2, 0.25) is 5.02 Å². The van der Waals surface area contributed by atoms with E-state index < -0.39 is 0 Å². The van der Waals surface area contributed by atoms with Crippen LogP contribution in [0.4, 0.5) is 5.82 Å². The maximum Gasteiger partial charge on any atom is 0.261 e. The number of nitrogens with zero attached hydrogens (tertiary/aromatic N) is 5. The van der Waals surface area contributed by atoms with Crippen molar-refractivity contribution in [3.05, 3.63) is 51.9 Å². The molecule has 206 valence electrons. The molecule has 1 atom stereocenters. The Morgan fingerprint density at radius 3 is 2.58 bits per heavy atom. The summed E-state index contributed by atoms with van der Waals surface area (Å²) in [6.07, 6.45) is 11.8. The van der Waals surface area contributed by atoms with Gasteiger partial charge in [-0.2, -0.15) is 0 Å². The molecule has 1 saturated heterocycles. The van der Waals surface area contributed by atoms with Crippen LogP contribution < -0.4 is 10.5 Å². The lowest BCUT2D eigenvalue weighted by molar-refractivity contribution is -0.120. The number of halogens is 1. The third-order valence-corrected chi connectivity index (χ3v) is 7.77. The van der Waals surface area contributed by atoms with Gasteiger partial charge in [0.2, 0.25) is 5.78 Å². The number of carbonyl (C=O) groups is 1. The molecule has 38 heavy (non-hydrogen) atoms. The van der Waals surface area contributed by atoms with Crippen molar-refractivity contribution >= 4 is 29.0 Å². The minimum atomic E-state index is -0.165. The standard InChI is InChI=1S/C30H42ClN5O2/c1-4-5-9-19-35-28(34-20-11-12-26(34)27(37)13-8-6-7-10-18-33(2)3)21-29(38)36-22-25(32-30(35)36)23-14-16-24(31)17-15-23/h14-17,21-22,26H,4-13,18-20H2,1-3H3/t26-/m0/s1. The number of ketones is 1. The summed E-state index contributed by atoms with van der Waals surface area (Å²) in [7, 11) is 4.19. The van der Waals surface area contributed by atoms with Crippen LogP contribution in [0.1, 0.15) is 71.1 Å². The summed E-state index contributed by atoms with van der Waals surface area (Å²) in [5, 5.41) is 0.664. The molecule has 3 aromatic rings. The fraction of sp³-hybridized carbons (Fsp3) is 0.567. The quantitative estimate of drug-likeness (QED) is 0.233. The van der Waals surface area contributed by atoms with Gasteiger partial charge in [-0.1, -0.05) is 56.3 Å². The number of carbonyl (C=O) groups excluding carboxylic acids is 1. The summed E-state index contributed by atoms with van der Waals surface area (Å²) >= 11 is 6.08. The Bertz CT molecular complexity index is 1260. The first-order valence-electron chi connectivity index (χ1n) is 14.2. The van der Waals surface area contributed by atoms with Gasteiger partial charge in [0.1, 0.15) is 5.82 Å². The summed E-state index contributed by atoms with van der Waals surface area (Å²) in [5.41, 5.74) is 1.54. The molecular formula is C30H42ClN5O2. The molecule has 0 N–H and O–H groups in total. The van der Waals surface area contributed by atoms with Crippen molar-refractivity contribution in [3.63, 3.8) is 0 Å². The second-order valence-corrected chi connectivity index (χ2v) is 11.2. The van der Waals surface area contributed by atoms with E-state index in [1.54, 1.807) is 10.5 Å². The number of Topliss-reactive ketones (excluding diaryl/α,β-unsaturated/α-hetero) is 1. The molecule has 0 saturated carbocycles. The summed E-state index contributed by atoms with van der Waals surface area (Å²) < 4.78 is 3.79. The Labute approximate surface area is 231 Å². The van der Waals surface area contributed by atoms with E-state index in [1.807, 2.05) is 30.5 Å². The predicted molar refractivity (Wildman–Crippen MR) is 156 cm³/mol. The van der Waals surface area contributed by atoms with Crippen molar-refractivity contribution in [1.82, 2.24) is 18.9 Å². The molecule has 4 rings (SSSR count). The van der Waals surface area contributed by atoms with E-state index in [1.165, 1.54) is 6.42 Å². The highest BCUT2D eigenvalue weighted by Gasteiger charge is 2.32. The number of benzene rings is 1. The third-order valence-electron chi connectivity index (χ3n) is 7.52. The Morgan fingerprint density at radius 2 is 1.84 bits per heavy atom. The van der Waals surface area contributed by atoms with Crippen LogP contribution in [0.5, 0.6) is 0 Å². The van der Waals surface area contributed by atoms with E-state index in [2.05, 4.69) is 35.4 Å². The number of unbranched alkanes of at least 4 members (excludes halogenated alkanes) is 5. The summed E-state index contributed by atoms with van der Waals surface area (Å²) in [4.78, 5) is 35.9. The maximum atomic E-state index is 13.3. The van der Waals surface area contributed by atoms with Crippen LogP contribution in [0.25, 0.3) is 17.0 Å². The van der Waals surface area contributed by atoms with Gasteiger partial charge in [0.15, 0.2) is 5.78 Å². The van der Waals surface area contributed by atoms with Crippen molar-refractivity contribution < 1.29 is 4.79 Å². The Balaban J connectivity index is 1.59. The number of aryl methyl sites for hydroxylation is 1. The van der Waals surface area contributed by atoms with Crippen molar-refractivity contribution in [2.75, 3.05) is 32.1 Å². The predicted octanol–water partition coefficient (Wildman–Crippen LogP) is 6.06. The third kappa shape index (κ3) is 6.86. The molecule has 0 spiro atoms. The zero-order valence-corrected chi connectivity index (χ0v) is 23.9. The van der Waals surface area contributed by atoms with Crippen LogP contribution in [-0.2, 0) is 11.3 Å². The molecule has 2 aromatic heterocycles. The van der Waals surface area contributed by atoms with Gasteiger partial charge in [-0.05, 0) is 64.9 Å². The molecule has 0 bridgehead atoms. The molecule has 8 heteroatoms. The molecule has 1 aliphatic rings. The van der Waals surface area contributed by atoms with Gasteiger partial charge in [-0.15, -0.1) is 0 Å². The number of fused-ring (bicyclic) bond motifs is 1. The van der Waals surface area contributed by atoms with E-state index in [-0.39, 0.29) is 11.6 Å². The topological polar surface area (TPSA) is 62.9 Å². The van der Waals surface area contributed by atoms with Crippen molar-refractivity contribution in [2.45, 2.75) is 83.7 Å². The van der Waals surface area contributed by atoms with E-state index in [4.69, 9.17) is 16.6 Å². The normalized spacial score (nSPS) is 15.7. The van der Waals surface area contributed by atoms with E-state index in [0.29, 0.717) is 23.0 Å². The summed E-state index contributed by atoms with van der Waals surface area (Å²) in [6.45, 7) is 4.82. The first-order valence-corrected chi connectivity index (χ1v) is 14.6. The molecule has 0 aliphatic carbocycles. The lowest BCUT2D eigenvalue weighted by Gasteiger charge is -2.29. The average Bonchev–Trinajstić information content (AvgIpc) is 3.56. The minimum absolute atomic E-state index is 0.117. The average molecular weight is 540 g/mol. The van der Waals surface area contributed by atoms with E-state index >= 15 is 0 Å². The molecule has 0 amide bonds. The van der Waals surface area contributed by atoms with Gasteiger partial charge in [0.25, 0.3) is 5.56 Å². The summed E-state index contributed by atoms with van der Waals surface area (Å²) in [5.74, 6) is 1.76. The zero-order valence-electron chi connectivity index (χ0n) is 23.2. The molecule has 0 unspecified atom stereocenters. The molecule has 3 heterocycles. The Morgan fingerprint density at radius 1 is 1.08 bits per heavy atom. The first-order chi connectivity index (χ1) is 18.4. The van der Waals surface area contributed by atoms with Crippen LogP contribution >= 0.6 is 11.6 Å². The highest BCUT2D eigenvalue weighted by Crippen LogP contribution is 2.29. The Hall–Kier alpha value is -2.64. The maximum absolute atomic E-state index is 13.3. The van der Waals surface area contributed by atoms with Crippen molar-refractivity contribution in [3.8, 4) is 11.3 Å². The molecule has 7 nitrogen and oxygen atoms in total. The van der Waals surface area contributed by atoms with Gasteiger partial charge in [-0.25, -0.2) is 4.98 Å². The smallest absolute Gasteiger partial charge is 0.261 e. The zero-order chi connectivity index (χ0) is 27.1. The molecule has 1 aromatic carbocycles. The van der Waals surface area contributed by atoms with Gasteiger partial charge in [0.05, 0.1) is 11.7 Å². The van der Waals surface area contributed by atoms with Gasteiger partial charge in [-0.3, -0.25) is 18.6 Å². The monoisotopic (exact) mass is 539 g/mol. The summed E-state index contributed by atoms with van der Waals surface area (Å²) in [6, 6.07) is 9.06. The van der Waals surface area contributed by atoms with Crippen molar-refractivity contribution in [1.29, 1.82) is 0 Å². The fourth-order valence-corrected chi connectivity index (χ4v) is 5.56.